The molecular formula is C8H7Br2I. The van der Waals surface area contributed by atoms with E-state index >= 15 is 0 Å². The number of hydrogen-bond acceptors (Lipinski definition) is 0. The van der Waals surface area contributed by atoms with E-state index in [2.05, 4.69) is 72.6 Å². The second kappa shape index (κ2) is 4.82. The van der Waals surface area contributed by atoms with E-state index in [9.17, 15) is 0 Å². The van der Waals surface area contributed by atoms with Crippen molar-refractivity contribution in [3.05, 3.63) is 32.9 Å². The third-order valence-electron chi connectivity index (χ3n) is 1.41. The maximum atomic E-state index is 3.45. The molecule has 0 atom stereocenters. The highest BCUT2D eigenvalue weighted by molar-refractivity contribution is 14.1. The summed E-state index contributed by atoms with van der Waals surface area (Å²) in [5.41, 5.74) is 2.70. The summed E-state index contributed by atoms with van der Waals surface area (Å²) in [7, 11) is 0. The Bertz CT molecular complexity index is 248. The summed E-state index contributed by atoms with van der Waals surface area (Å²) < 4.78 is 1.32. The summed E-state index contributed by atoms with van der Waals surface area (Å²) in [6.07, 6.45) is 0. The standard InChI is InChI=1S/C8H7Br2I/c9-4-6-1-2-8(11)7(3-6)5-10/h1-3H,4-5H2. The van der Waals surface area contributed by atoms with Gasteiger partial charge in [-0.15, -0.1) is 0 Å². The molecule has 0 aromatic heterocycles. The van der Waals surface area contributed by atoms with Crippen LogP contribution >= 0.6 is 54.5 Å². The van der Waals surface area contributed by atoms with Crippen molar-refractivity contribution in [3.63, 3.8) is 0 Å². The lowest BCUT2D eigenvalue weighted by Crippen LogP contribution is -1.86. The Morgan fingerprint density at radius 2 is 1.91 bits per heavy atom. The van der Waals surface area contributed by atoms with Crippen molar-refractivity contribution in [3.8, 4) is 0 Å². The molecular weight excluding hydrogens is 383 g/mol. The fraction of sp³-hybridized carbons (Fsp3) is 0.250. The van der Waals surface area contributed by atoms with Gasteiger partial charge in [0.25, 0.3) is 0 Å². The molecule has 0 heterocycles. The van der Waals surface area contributed by atoms with Gasteiger partial charge in [0.1, 0.15) is 0 Å². The molecule has 1 aromatic carbocycles. The van der Waals surface area contributed by atoms with E-state index in [1.807, 2.05) is 0 Å². The Labute approximate surface area is 97.2 Å². The third-order valence-corrected chi connectivity index (χ3v) is 3.71. The molecule has 0 saturated carbocycles. The molecule has 0 unspecified atom stereocenters. The number of rotatable bonds is 2. The van der Waals surface area contributed by atoms with Gasteiger partial charge in [-0.25, -0.2) is 0 Å². The van der Waals surface area contributed by atoms with Crippen LogP contribution in [0.4, 0.5) is 0 Å². The summed E-state index contributed by atoms with van der Waals surface area (Å²) in [6, 6.07) is 6.50. The van der Waals surface area contributed by atoms with Gasteiger partial charge in [0.2, 0.25) is 0 Å². The van der Waals surface area contributed by atoms with E-state index < -0.39 is 0 Å². The van der Waals surface area contributed by atoms with Crippen LogP contribution in [0.25, 0.3) is 0 Å². The SMILES string of the molecule is BrCc1ccc(I)c(CBr)c1. The quantitative estimate of drug-likeness (QED) is 0.528. The Morgan fingerprint density at radius 1 is 1.18 bits per heavy atom. The van der Waals surface area contributed by atoms with Gasteiger partial charge in [-0.1, -0.05) is 44.0 Å². The zero-order chi connectivity index (χ0) is 8.27. The summed E-state index contributed by atoms with van der Waals surface area (Å²) >= 11 is 9.23. The first-order valence-corrected chi connectivity index (χ1v) is 6.49. The van der Waals surface area contributed by atoms with Crippen LogP contribution in [0.2, 0.25) is 0 Å². The van der Waals surface area contributed by atoms with Crippen LogP contribution in [-0.4, -0.2) is 0 Å². The molecule has 1 aromatic rings. The average molecular weight is 390 g/mol. The molecule has 1 rings (SSSR count). The van der Waals surface area contributed by atoms with Crippen molar-refractivity contribution in [1.82, 2.24) is 0 Å². The fourth-order valence-electron chi connectivity index (χ4n) is 0.814. The molecule has 0 nitrogen and oxygen atoms in total. The molecule has 0 aliphatic rings. The van der Waals surface area contributed by atoms with Crippen molar-refractivity contribution >= 4 is 54.5 Å². The van der Waals surface area contributed by atoms with Crippen molar-refractivity contribution < 1.29 is 0 Å². The Hall–Kier alpha value is 0.910. The lowest BCUT2D eigenvalue weighted by atomic mass is 10.2. The first-order chi connectivity index (χ1) is 5.27. The molecule has 0 aliphatic heterocycles. The minimum Gasteiger partial charge on any atom is -0.0876 e. The van der Waals surface area contributed by atoms with E-state index in [4.69, 9.17) is 0 Å². The van der Waals surface area contributed by atoms with E-state index in [1.54, 1.807) is 0 Å². The molecule has 60 valence electrons. The highest BCUT2D eigenvalue weighted by Crippen LogP contribution is 2.18. The zero-order valence-electron chi connectivity index (χ0n) is 5.78. The van der Waals surface area contributed by atoms with E-state index in [0.717, 1.165) is 10.7 Å². The van der Waals surface area contributed by atoms with Crippen molar-refractivity contribution in [2.45, 2.75) is 10.7 Å². The summed E-state index contributed by atoms with van der Waals surface area (Å²) in [5, 5.41) is 1.87. The monoisotopic (exact) mass is 388 g/mol. The second-order valence-corrected chi connectivity index (χ2v) is 4.48. The normalized spacial score (nSPS) is 10.1. The third kappa shape index (κ3) is 2.70. The molecule has 3 heteroatoms. The van der Waals surface area contributed by atoms with Crippen LogP contribution < -0.4 is 0 Å². The smallest absolute Gasteiger partial charge is 0.0293 e. The van der Waals surface area contributed by atoms with Crippen molar-refractivity contribution in [2.75, 3.05) is 0 Å². The van der Waals surface area contributed by atoms with Gasteiger partial charge >= 0.3 is 0 Å². The van der Waals surface area contributed by atoms with Crippen LogP contribution in [0.3, 0.4) is 0 Å². The molecule has 0 N–H and O–H groups in total. The number of alkyl halides is 2. The summed E-state index contributed by atoms with van der Waals surface area (Å²) in [6.45, 7) is 0. The van der Waals surface area contributed by atoms with Crippen molar-refractivity contribution in [2.24, 2.45) is 0 Å². The number of halogens is 3. The molecule has 0 amide bonds. The first-order valence-electron chi connectivity index (χ1n) is 3.17. The number of benzene rings is 1. The first kappa shape index (κ1) is 9.99. The maximum absolute atomic E-state index is 3.45. The van der Waals surface area contributed by atoms with Crippen LogP contribution in [0.15, 0.2) is 18.2 Å². The largest absolute Gasteiger partial charge is 0.0876 e. The highest BCUT2D eigenvalue weighted by Gasteiger charge is 1.98. The van der Waals surface area contributed by atoms with E-state index in [0.29, 0.717) is 0 Å². The predicted molar refractivity (Wildman–Crippen MR) is 64.4 cm³/mol. The van der Waals surface area contributed by atoms with Gasteiger partial charge in [-0.2, -0.15) is 0 Å². The predicted octanol–water partition coefficient (Wildman–Crippen LogP) is 4.08. The van der Waals surface area contributed by atoms with Crippen LogP contribution in [-0.2, 0) is 10.7 Å². The van der Waals surface area contributed by atoms with E-state index in [-0.39, 0.29) is 0 Å². The number of hydrogen-bond donors (Lipinski definition) is 0. The minimum atomic E-state index is 0.934. The summed E-state index contributed by atoms with van der Waals surface area (Å²) in [5.74, 6) is 0. The molecule has 0 radical (unpaired) electrons. The lowest BCUT2D eigenvalue weighted by molar-refractivity contribution is 1.32. The van der Waals surface area contributed by atoms with Gasteiger partial charge < -0.3 is 0 Å². The maximum Gasteiger partial charge on any atom is 0.0293 e. The Morgan fingerprint density at radius 3 is 2.45 bits per heavy atom. The molecule has 0 spiro atoms. The zero-order valence-corrected chi connectivity index (χ0v) is 11.1. The van der Waals surface area contributed by atoms with Crippen molar-refractivity contribution in [1.29, 1.82) is 0 Å². The van der Waals surface area contributed by atoms with Gasteiger partial charge in [-0.3, -0.25) is 0 Å². The summed E-state index contributed by atoms with van der Waals surface area (Å²) in [4.78, 5) is 0. The molecule has 0 fully saturated rings. The average Bonchev–Trinajstić information content (AvgIpc) is 2.05. The Kier molecular flexibility index (Phi) is 4.38. The van der Waals surface area contributed by atoms with Gasteiger partial charge in [0.15, 0.2) is 0 Å². The fourth-order valence-corrected chi connectivity index (χ4v) is 2.68. The van der Waals surface area contributed by atoms with Gasteiger partial charge in [0, 0.05) is 14.2 Å². The second-order valence-electron chi connectivity index (χ2n) is 2.19. The molecule has 0 aliphatic carbocycles. The lowest BCUT2D eigenvalue weighted by Gasteiger charge is -2.01. The van der Waals surface area contributed by atoms with Crippen LogP contribution in [0.1, 0.15) is 11.1 Å². The highest BCUT2D eigenvalue weighted by atomic mass is 127. The van der Waals surface area contributed by atoms with Crippen LogP contribution in [0, 0.1) is 3.57 Å². The van der Waals surface area contributed by atoms with E-state index in [1.165, 1.54) is 14.7 Å². The minimum absolute atomic E-state index is 0.934. The molecule has 0 bridgehead atoms. The topological polar surface area (TPSA) is 0 Å². The van der Waals surface area contributed by atoms with Crippen LogP contribution in [0.5, 0.6) is 0 Å². The molecule has 11 heavy (non-hydrogen) atoms. The molecule has 0 saturated heterocycles. The Balaban J connectivity index is 3.02. The van der Waals surface area contributed by atoms with Gasteiger partial charge in [-0.05, 0) is 39.8 Å². The van der Waals surface area contributed by atoms with Gasteiger partial charge in [0.05, 0.1) is 0 Å².